The van der Waals surface area contributed by atoms with Gasteiger partial charge in [-0.25, -0.2) is 0 Å². The highest BCUT2D eigenvalue weighted by molar-refractivity contribution is 6.23. The number of aromatic nitrogens is 2. The van der Waals surface area contributed by atoms with Crippen LogP contribution in [0.2, 0.25) is 0 Å². The van der Waals surface area contributed by atoms with Crippen LogP contribution < -0.4 is 0 Å². The van der Waals surface area contributed by atoms with Crippen LogP contribution in [0.25, 0.3) is 54.7 Å². The van der Waals surface area contributed by atoms with Crippen molar-refractivity contribution in [3.8, 4) is 11.1 Å². The highest BCUT2D eigenvalue weighted by Gasteiger charge is 2.11. The summed E-state index contributed by atoms with van der Waals surface area (Å²) in [7, 11) is 0. The summed E-state index contributed by atoms with van der Waals surface area (Å²) in [6.07, 6.45) is 0. The first-order chi connectivity index (χ1) is 13.7. The van der Waals surface area contributed by atoms with Crippen molar-refractivity contribution < 1.29 is 0 Å². The summed E-state index contributed by atoms with van der Waals surface area (Å²) >= 11 is 5.68. The van der Waals surface area contributed by atoms with Gasteiger partial charge in [0, 0.05) is 43.6 Å². The summed E-state index contributed by atoms with van der Waals surface area (Å²) in [6, 6.07) is 30.7. The minimum absolute atomic E-state index is 1.23. The quantitative estimate of drug-likeness (QED) is 0.335. The third-order valence-electron chi connectivity index (χ3n) is 5.75. The first kappa shape index (κ1) is 16.5. The Morgan fingerprint density at radius 2 is 0.821 bits per heavy atom. The largest absolute Gasteiger partial charge is 0.452 e. The van der Waals surface area contributed by atoms with E-state index in [0.29, 0.717) is 0 Å². The predicted octanol–water partition coefficient (Wildman–Crippen LogP) is 5.43. The van der Waals surface area contributed by atoms with Gasteiger partial charge >= 0.3 is 33.0 Å². The molecule has 0 saturated heterocycles. The monoisotopic (exact) mass is 384 g/mol. The molecule has 4 radical (unpaired) electrons. The lowest BCUT2D eigenvalue weighted by atomic mass is 10.0. The van der Waals surface area contributed by atoms with Crippen LogP contribution in [0.4, 0.5) is 0 Å². The zero-order chi connectivity index (χ0) is 18.8. The predicted molar refractivity (Wildman–Crippen MR) is 120 cm³/mol. The minimum atomic E-state index is 1.23. The lowest BCUT2D eigenvalue weighted by Gasteiger charge is -2.06. The maximum atomic E-state index is 2.84. The van der Waals surface area contributed by atoms with Crippen molar-refractivity contribution in [1.82, 2.24) is 7.10 Å². The lowest BCUT2D eigenvalue weighted by Crippen LogP contribution is -1.90. The fourth-order valence-corrected chi connectivity index (χ4v) is 5.27. The number of fused-ring (bicyclic) bond motifs is 6. The first-order valence-electron chi connectivity index (χ1n) is 9.29. The Hall–Kier alpha value is -2.46. The Labute approximate surface area is 179 Å². The molecule has 0 saturated carbocycles. The van der Waals surface area contributed by atoms with E-state index in [1.54, 1.807) is 0 Å². The van der Waals surface area contributed by atoms with Gasteiger partial charge in [0.15, 0.2) is 0 Å². The van der Waals surface area contributed by atoms with Gasteiger partial charge in [0.2, 0.25) is 0 Å². The molecule has 0 N–H and O–H groups in total. The van der Waals surface area contributed by atoms with Crippen molar-refractivity contribution in [2.24, 2.45) is 0 Å². The second-order valence-corrected chi connectivity index (χ2v) is 8.27. The number of para-hydroxylation sites is 2. The molecule has 2 aromatic heterocycles. The standard InChI is InChI=1S/C24H14N2.2Al/c1-3-7-21-17(5-1)19-13-15(9-11-23(19)25-21)16-10-12-24-20(14-16)18-6-2-4-8-22(18)26-24;;/h1-14H;;/q-2;2*+1. The Morgan fingerprint density at radius 3 is 1.29 bits per heavy atom. The number of nitrogens with zero attached hydrogens (tertiary/aromatic N) is 2. The van der Waals surface area contributed by atoms with Crippen LogP contribution in [0.15, 0.2) is 84.9 Å². The maximum absolute atomic E-state index is 2.84. The van der Waals surface area contributed by atoms with Crippen LogP contribution in [0.5, 0.6) is 0 Å². The molecule has 0 amide bonds. The van der Waals surface area contributed by atoms with E-state index in [0.717, 1.165) is 0 Å². The molecule has 0 aliphatic heterocycles. The fraction of sp³-hybridized carbons (Fsp3) is 0. The molecule has 2 nitrogen and oxygen atoms in total. The number of hydrogen-bond donors (Lipinski definition) is 0. The average Bonchev–Trinajstić information content (AvgIpc) is 3.20. The molecular weight excluding hydrogens is 370 g/mol. The van der Waals surface area contributed by atoms with Gasteiger partial charge in [0.05, 0.1) is 0 Å². The summed E-state index contributed by atoms with van der Waals surface area (Å²) in [4.78, 5) is 0. The fourth-order valence-electron chi connectivity index (χ4n) is 4.37. The van der Waals surface area contributed by atoms with E-state index < -0.39 is 0 Å². The molecular formula is C24H14Al2N2. The van der Waals surface area contributed by atoms with E-state index in [1.807, 2.05) is 0 Å². The van der Waals surface area contributed by atoms with Gasteiger partial charge in [0.1, 0.15) is 0 Å². The molecule has 0 aliphatic rings. The molecule has 0 spiro atoms. The molecule has 4 heteroatoms. The van der Waals surface area contributed by atoms with E-state index in [4.69, 9.17) is 0 Å². The molecule has 2 heterocycles. The molecule has 4 aromatic carbocycles. The van der Waals surface area contributed by atoms with Crippen LogP contribution in [0, 0.1) is 0 Å². The summed E-state index contributed by atoms with van der Waals surface area (Å²) in [5, 5.41) is 5.15. The summed E-state index contributed by atoms with van der Waals surface area (Å²) in [6.45, 7) is 0. The third-order valence-corrected chi connectivity index (χ3v) is 6.87. The van der Waals surface area contributed by atoms with Crippen molar-refractivity contribution in [3.05, 3.63) is 84.9 Å². The molecule has 6 rings (SSSR count). The van der Waals surface area contributed by atoms with Gasteiger partial charge in [-0.15, -0.1) is 0 Å². The minimum Gasteiger partial charge on any atom is -0.452 e. The molecule has 0 aliphatic carbocycles. The van der Waals surface area contributed by atoms with Gasteiger partial charge in [-0.05, 0) is 47.5 Å². The second-order valence-electron chi connectivity index (χ2n) is 7.24. The molecule has 0 atom stereocenters. The number of benzene rings is 4. The Bertz CT molecular complexity index is 1420. The number of rotatable bonds is 1. The van der Waals surface area contributed by atoms with Crippen molar-refractivity contribution >= 4 is 76.6 Å². The van der Waals surface area contributed by atoms with Crippen LogP contribution in [0.3, 0.4) is 0 Å². The maximum Gasteiger partial charge on any atom is 0.318 e. The third kappa shape index (κ3) is 2.21. The van der Waals surface area contributed by atoms with Crippen LogP contribution in [0.1, 0.15) is 0 Å². The van der Waals surface area contributed by atoms with Crippen molar-refractivity contribution in [1.29, 1.82) is 0 Å². The zero-order valence-corrected chi connectivity index (χ0v) is 17.4. The Kier molecular flexibility index (Phi) is 3.55. The van der Waals surface area contributed by atoms with E-state index in [-0.39, 0.29) is 0 Å². The summed E-state index contributed by atoms with van der Waals surface area (Å²) in [5.41, 5.74) is 7.44. The van der Waals surface area contributed by atoms with Gasteiger partial charge in [-0.3, -0.25) is 0 Å². The normalized spacial score (nSPS) is 11.9. The summed E-state index contributed by atoms with van der Waals surface area (Å²) in [5.74, 6) is 0. The molecule has 0 fully saturated rings. The van der Waals surface area contributed by atoms with Crippen LogP contribution >= 0.6 is 0 Å². The molecule has 28 heavy (non-hydrogen) atoms. The Balaban J connectivity index is 1.63. The Morgan fingerprint density at radius 1 is 0.429 bits per heavy atom. The van der Waals surface area contributed by atoms with Gasteiger partial charge < -0.3 is 7.10 Å². The van der Waals surface area contributed by atoms with Crippen molar-refractivity contribution in [3.63, 3.8) is 0 Å². The SMILES string of the molecule is [Al][n]1c2ccccc2c2cc(-c3ccc4c(c3)c3ccccc3[n]4[Al])ccc21. The molecule has 0 unspecified atom stereocenters. The smallest absolute Gasteiger partial charge is 0.318 e. The van der Waals surface area contributed by atoms with Gasteiger partial charge in [-0.2, -0.15) is 0 Å². The van der Waals surface area contributed by atoms with Gasteiger partial charge in [0.25, 0.3) is 0 Å². The van der Waals surface area contributed by atoms with Crippen molar-refractivity contribution in [2.75, 3.05) is 0 Å². The van der Waals surface area contributed by atoms with E-state index in [1.165, 1.54) is 54.7 Å². The topological polar surface area (TPSA) is 9.86 Å². The first-order valence-corrected chi connectivity index (χ1v) is 10.3. The van der Waals surface area contributed by atoms with E-state index in [2.05, 4.69) is 125 Å². The second kappa shape index (κ2) is 6.02. The van der Waals surface area contributed by atoms with Gasteiger partial charge in [-0.1, -0.05) is 48.5 Å². The molecule has 0 bridgehead atoms. The van der Waals surface area contributed by atoms with Crippen LogP contribution in [-0.2, 0) is 0 Å². The zero-order valence-electron chi connectivity index (χ0n) is 15.1. The highest BCUT2D eigenvalue weighted by atomic mass is 27.1. The molecule has 6 aromatic rings. The molecule has 126 valence electrons. The summed E-state index contributed by atoms with van der Waals surface area (Å²) < 4.78 is 4.39. The average molecular weight is 384 g/mol. The highest BCUT2D eigenvalue weighted by Crippen LogP contribution is 2.35. The lowest BCUT2D eigenvalue weighted by molar-refractivity contribution is 1.39. The van der Waals surface area contributed by atoms with E-state index >= 15 is 0 Å². The van der Waals surface area contributed by atoms with Crippen LogP contribution in [-0.4, -0.2) is 40.1 Å². The van der Waals surface area contributed by atoms with Crippen molar-refractivity contribution in [2.45, 2.75) is 0 Å². The number of hydrogen-bond acceptors (Lipinski definition) is 0. The van der Waals surface area contributed by atoms with E-state index in [9.17, 15) is 0 Å².